The van der Waals surface area contributed by atoms with Crippen LogP contribution in [0, 0.1) is 0 Å². The second-order valence-electron chi connectivity index (χ2n) is 5.16. The zero-order valence-electron chi connectivity index (χ0n) is 12.5. The highest BCUT2D eigenvalue weighted by Gasteiger charge is 2.13. The molecule has 0 aliphatic rings. The van der Waals surface area contributed by atoms with Crippen LogP contribution >= 0.6 is 0 Å². The Morgan fingerprint density at radius 3 is 1.52 bits per heavy atom. The zero-order valence-corrected chi connectivity index (χ0v) is 12.5. The molecule has 2 aromatic carbocycles. The largest absolute Gasteiger partial charge is 0.364 e. The molecule has 0 atom stereocenters. The highest BCUT2D eigenvalue weighted by Crippen LogP contribution is 2.08. The predicted octanol–water partition coefficient (Wildman–Crippen LogP) is 2.08. The third kappa shape index (κ3) is 2.66. The smallest absolute Gasteiger partial charge is 0.222 e. The van der Waals surface area contributed by atoms with E-state index in [1.807, 2.05) is 60.9 Å². The van der Waals surface area contributed by atoms with E-state index in [1.54, 1.807) is 9.46 Å². The van der Waals surface area contributed by atoms with E-state index in [1.165, 1.54) is 0 Å². The SMILES string of the molecule is c1ccc2c(c1)ccc[n+]2OCO[n+]1cccc2ccccc21. The lowest BCUT2D eigenvalue weighted by Gasteiger charge is -2.01. The first kappa shape index (κ1) is 13.5. The van der Waals surface area contributed by atoms with Crippen LogP contribution in [-0.4, -0.2) is 6.79 Å². The number of hydrogen-bond acceptors (Lipinski definition) is 2. The third-order valence-electron chi connectivity index (χ3n) is 3.73. The van der Waals surface area contributed by atoms with Crippen molar-refractivity contribution in [3.8, 4) is 0 Å². The van der Waals surface area contributed by atoms with Gasteiger partial charge in [-0.3, -0.25) is 0 Å². The molecule has 4 aromatic rings. The number of nitrogens with zero attached hydrogens (tertiary/aromatic N) is 2. The molecule has 4 heteroatoms. The van der Waals surface area contributed by atoms with Gasteiger partial charge in [0.05, 0.1) is 10.8 Å². The molecule has 0 aliphatic carbocycles. The van der Waals surface area contributed by atoms with Gasteiger partial charge in [-0.25, -0.2) is 9.68 Å². The van der Waals surface area contributed by atoms with E-state index < -0.39 is 0 Å². The van der Waals surface area contributed by atoms with Gasteiger partial charge in [-0.05, 0) is 24.3 Å². The Kier molecular flexibility index (Phi) is 3.48. The number of benzene rings is 2. The minimum absolute atomic E-state index is 0.108. The summed E-state index contributed by atoms with van der Waals surface area (Å²) in [6.07, 6.45) is 3.75. The molecule has 0 N–H and O–H groups in total. The van der Waals surface area contributed by atoms with Gasteiger partial charge in [-0.2, -0.15) is 0 Å². The fourth-order valence-corrected chi connectivity index (χ4v) is 2.63. The molecule has 0 amide bonds. The molecule has 2 aromatic heterocycles. The average Bonchev–Trinajstić information content (AvgIpc) is 2.62. The van der Waals surface area contributed by atoms with Gasteiger partial charge in [0.25, 0.3) is 11.0 Å². The van der Waals surface area contributed by atoms with E-state index in [9.17, 15) is 0 Å². The molecule has 23 heavy (non-hydrogen) atoms. The van der Waals surface area contributed by atoms with Gasteiger partial charge in [0, 0.05) is 33.7 Å². The Morgan fingerprint density at radius 2 is 1.00 bits per heavy atom. The molecule has 0 unspecified atom stereocenters. The van der Waals surface area contributed by atoms with Crippen LogP contribution in [0.15, 0.2) is 85.2 Å². The lowest BCUT2D eigenvalue weighted by Crippen LogP contribution is -2.51. The Balaban J connectivity index is 1.55. The first-order valence-corrected chi connectivity index (χ1v) is 7.47. The molecule has 0 aliphatic heterocycles. The number of hydrogen-bond donors (Lipinski definition) is 0. The van der Waals surface area contributed by atoms with Crippen LogP contribution in [0.1, 0.15) is 0 Å². The third-order valence-corrected chi connectivity index (χ3v) is 3.73. The monoisotopic (exact) mass is 304 g/mol. The van der Waals surface area contributed by atoms with Gasteiger partial charge in [-0.15, -0.1) is 0 Å². The molecule has 4 rings (SSSR count). The molecule has 0 fully saturated rings. The van der Waals surface area contributed by atoms with Crippen molar-refractivity contribution in [2.75, 3.05) is 6.79 Å². The second-order valence-corrected chi connectivity index (χ2v) is 5.16. The predicted molar refractivity (Wildman–Crippen MR) is 86.3 cm³/mol. The minimum Gasteiger partial charge on any atom is -0.222 e. The fourth-order valence-electron chi connectivity index (χ4n) is 2.63. The van der Waals surface area contributed by atoms with Gasteiger partial charge in [0.15, 0.2) is 0 Å². The molecule has 0 saturated carbocycles. The van der Waals surface area contributed by atoms with Gasteiger partial charge in [-0.1, -0.05) is 24.3 Å². The molecule has 4 nitrogen and oxygen atoms in total. The molecular weight excluding hydrogens is 288 g/mol. The van der Waals surface area contributed by atoms with Crippen LogP contribution < -0.4 is 19.1 Å². The molecule has 0 spiro atoms. The van der Waals surface area contributed by atoms with Crippen LogP contribution in [-0.2, 0) is 0 Å². The van der Waals surface area contributed by atoms with E-state index in [0.717, 1.165) is 21.8 Å². The first-order chi connectivity index (χ1) is 11.4. The summed E-state index contributed by atoms with van der Waals surface area (Å²) in [6.45, 7) is 0.108. The van der Waals surface area contributed by atoms with Crippen molar-refractivity contribution in [3.63, 3.8) is 0 Å². The summed E-state index contributed by atoms with van der Waals surface area (Å²) in [6, 6.07) is 24.1. The average molecular weight is 304 g/mol. The fraction of sp³-hybridized carbons (Fsp3) is 0.0526. The molecule has 0 radical (unpaired) electrons. The zero-order chi connectivity index (χ0) is 15.5. The highest BCUT2D eigenvalue weighted by molar-refractivity contribution is 5.75. The minimum atomic E-state index is 0.108. The summed E-state index contributed by atoms with van der Waals surface area (Å²) in [5.41, 5.74) is 2.00. The Morgan fingerprint density at radius 1 is 0.565 bits per heavy atom. The second kappa shape index (κ2) is 5.93. The number of pyridine rings is 2. The summed E-state index contributed by atoms with van der Waals surface area (Å²) < 4.78 is 3.45. The topological polar surface area (TPSA) is 26.2 Å². The number of aromatic nitrogens is 2. The van der Waals surface area contributed by atoms with Crippen molar-refractivity contribution in [2.45, 2.75) is 0 Å². The molecular formula is C19H16N2O2+2. The molecule has 2 heterocycles. The maximum Gasteiger partial charge on any atom is 0.364 e. The Hall–Kier alpha value is -3.14. The van der Waals surface area contributed by atoms with Gasteiger partial charge in [0.2, 0.25) is 12.4 Å². The summed E-state index contributed by atoms with van der Waals surface area (Å²) in [7, 11) is 0. The van der Waals surface area contributed by atoms with Crippen molar-refractivity contribution < 1.29 is 19.1 Å². The lowest BCUT2D eigenvalue weighted by atomic mass is 10.2. The van der Waals surface area contributed by atoms with Crippen molar-refractivity contribution >= 4 is 21.8 Å². The van der Waals surface area contributed by atoms with Crippen LogP contribution in [0.3, 0.4) is 0 Å². The Bertz CT molecular complexity index is 879. The number of rotatable bonds is 4. The number of fused-ring (bicyclic) bond motifs is 2. The van der Waals surface area contributed by atoms with Crippen LogP contribution in [0.5, 0.6) is 0 Å². The van der Waals surface area contributed by atoms with E-state index in [0.29, 0.717) is 0 Å². The molecule has 0 bridgehead atoms. The van der Waals surface area contributed by atoms with Crippen molar-refractivity contribution in [2.24, 2.45) is 0 Å². The van der Waals surface area contributed by atoms with E-state index in [4.69, 9.17) is 9.68 Å². The number of para-hydroxylation sites is 2. The summed E-state index contributed by atoms with van der Waals surface area (Å²) >= 11 is 0. The maximum atomic E-state index is 5.75. The first-order valence-electron chi connectivity index (χ1n) is 7.47. The highest BCUT2D eigenvalue weighted by atomic mass is 16.8. The van der Waals surface area contributed by atoms with Crippen molar-refractivity contribution in [3.05, 3.63) is 85.2 Å². The Labute approximate surface area is 133 Å². The van der Waals surface area contributed by atoms with Crippen LogP contribution in [0.2, 0.25) is 0 Å². The normalized spacial score (nSPS) is 10.8. The van der Waals surface area contributed by atoms with Crippen LogP contribution in [0.25, 0.3) is 21.8 Å². The van der Waals surface area contributed by atoms with E-state index in [-0.39, 0.29) is 6.79 Å². The van der Waals surface area contributed by atoms with Crippen molar-refractivity contribution in [1.29, 1.82) is 0 Å². The van der Waals surface area contributed by atoms with E-state index in [2.05, 4.69) is 24.3 Å². The quantitative estimate of drug-likeness (QED) is 0.426. The maximum absolute atomic E-state index is 5.75. The van der Waals surface area contributed by atoms with E-state index >= 15 is 0 Å². The summed E-state index contributed by atoms with van der Waals surface area (Å²) in [4.78, 5) is 11.5. The van der Waals surface area contributed by atoms with Crippen molar-refractivity contribution in [1.82, 2.24) is 0 Å². The standard InChI is InChI=1S/C19H16N2O2/c1-3-11-18-16(7-1)9-5-13-20(18)22-15-23-21-14-6-10-17-8-2-4-12-19(17)21/h1-14H,15H2/q+2. The van der Waals surface area contributed by atoms with Gasteiger partial charge >= 0.3 is 6.79 Å². The lowest BCUT2D eigenvalue weighted by molar-refractivity contribution is -0.932. The summed E-state index contributed by atoms with van der Waals surface area (Å²) in [5.74, 6) is 0. The van der Waals surface area contributed by atoms with Gasteiger partial charge in [0.1, 0.15) is 0 Å². The summed E-state index contributed by atoms with van der Waals surface area (Å²) in [5, 5.41) is 2.24. The van der Waals surface area contributed by atoms with Crippen LogP contribution in [0.4, 0.5) is 0 Å². The van der Waals surface area contributed by atoms with Gasteiger partial charge < -0.3 is 0 Å². The molecule has 0 saturated heterocycles. The molecule has 112 valence electrons.